The summed E-state index contributed by atoms with van der Waals surface area (Å²) in [6.45, 7) is 0.0825. The highest BCUT2D eigenvalue weighted by Crippen LogP contribution is 2.21. The van der Waals surface area contributed by atoms with Crippen molar-refractivity contribution in [2.75, 3.05) is 6.54 Å². The van der Waals surface area contributed by atoms with Crippen LogP contribution >= 0.6 is 0 Å². The predicted molar refractivity (Wildman–Crippen MR) is 65.1 cm³/mol. The van der Waals surface area contributed by atoms with Gasteiger partial charge in [-0.15, -0.1) is 0 Å². The van der Waals surface area contributed by atoms with Crippen LogP contribution in [0.1, 0.15) is 23.2 Å². The molecule has 0 atom stereocenters. The molecule has 0 aliphatic rings. The van der Waals surface area contributed by atoms with Crippen molar-refractivity contribution in [3.8, 4) is 11.8 Å². The van der Waals surface area contributed by atoms with E-state index in [4.69, 9.17) is 10.4 Å². The van der Waals surface area contributed by atoms with Gasteiger partial charge >= 0.3 is 5.97 Å². The normalized spacial score (nSPS) is 10.9. The van der Waals surface area contributed by atoms with Gasteiger partial charge in [0.25, 0.3) is 0 Å². The summed E-state index contributed by atoms with van der Waals surface area (Å²) in [5.41, 5.74) is -0.486. The number of aromatic carboxylic acids is 1. The van der Waals surface area contributed by atoms with Crippen LogP contribution in [-0.2, 0) is 10.0 Å². The number of nitriles is 1. The molecule has 3 N–H and O–H groups in total. The third-order valence-electron chi connectivity index (χ3n) is 2.27. The van der Waals surface area contributed by atoms with Crippen molar-refractivity contribution >= 4 is 16.0 Å². The molecule has 0 aromatic heterocycles. The molecule has 0 aliphatic heterocycles. The fourth-order valence-corrected chi connectivity index (χ4v) is 2.41. The molecule has 1 aromatic rings. The Bertz CT molecular complexity index is 618. The first kappa shape index (κ1) is 14.9. The van der Waals surface area contributed by atoms with E-state index in [9.17, 15) is 18.3 Å². The number of carbonyl (C=O) groups is 1. The molecule has 1 rings (SSSR count). The van der Waals surface area contributed by atoms with Gasteiger partial charge in [-0.2, -0.15) is 5.26 Å². The van der Waals surface area contributed by atoms with Gasteiger partial charge in [-0.3, -0.25) is 0 Å². The third-order valence-corrected chi connectivity index (χ3v) is 3.72. The van der Waals surface area contributed by atoms with Gasteiger partial charge in [0, 0.05) is 13.0 Å². The zero-order valence-corrected chi connectivity index (χ0v) is 10.6. The Balaban J connectivity index is 2.93. The quantitative estimate of drug-likeness (QED) is 0.659. The number of nitrogens with one attached hydrogen (secondary N) is 1. The number of nitrogens with zero attached hydrogens (tertiary/aromatic N) is 1. The van der Waals surface area contributed by atoms with Crippen molar-refractivity contribution in [3.05, 3.63) is 23.8 Å². The number of rotatable bonds is 6. The minimum absolute atomic E-state index is 0.0825. The lowest BCUT2D eigenvalue weighted by Gasteiger charge is -2.07. The molecular weight excluding hydrogens is 272 g/mol. The lowest BCUT2D eigenvalue weighted by molar-refractivity contribution is 0.0693. The standard InChI is InChI=1S/C11H12N2O5S/c12-5-1-2-6-13-19(17,18)8-3-4-10(14)9(7-8)11(15)16/h3-4,7,13-14H,1-2,6H2,(H,15,16). The van der Waals surface area contributed by atoms with Crippen LogP contribution in [0.15, 0.2) is 23.1 Å². The number of carboxylic acids is 1. The molecule has 0 heterocycles. The molecule has 19 heavy (non-hydrogen) atoms. The largest absolute Gasteiger partial charge is 0.507 e. The van der Waals surface area contributed by atoms with E-state index in [0.29, 0.717) is 6.42 Å². The minimum atomic E-state index is -3.85. The smallest absolute Gasteiger partial charge is 0.339 e. The van der Waals surface area contributed by atoms with Gasteiger partial charge in [-0.25, -0.2) is 17.9 Å². The number of sulfonamides is 1. The summed E-state index contributed by atoms with van der Waals surface area (Å²) >= 11 is 0. The average Bonchev–Trinajstić information content (AvgIpc) is 2.34. The number of unbranched alkanes of at least 4 members (excludes halogenated alkanes) is 1. The second-order valence-corrected chi connectivity index (χ2v) is 5.41. The van der Waals surface area contributed by atoms with Gasteiger partial charge in [0.15, 0.2) is 0 Å². The van der Waals surface area contributed by atoms with Crippen LogP contribution in [0.25, 0.3) is 0 Å². The molecular formula is C11H12N2O5S. The first-order valence-electron chi connectivity index (χ1n) is 5.31. The van der Waals surface area contributed by atoms with E-state index in [1.54, 1.807) is 0 Å². The number of hydrogen-bond acceptors (Lipinski definition) is 5. The summed E-state index contributed by atoms with van der Waals surface area (Å²) in [5.74, 6) is -1.92. The first-order chi connectivity index (χ1) is 8.88. The lowest BCUT2D eigenvalue weighted by Crippen LogP contribution is -2.25. The van der Waals surface area contributed by atoms with Gasteiger partial charge in [-0.1, -0.05) is 0 Å². The van der Waals surface area contributed by atoms with Crippen molar-refractivity contribution in [3.63, 3.8) is 0 Å². The van der Waals surface area contributed by atoms with Gasteiger partial charge in [0.2, 0.25) is 10.0 Å². The van der Waals surface area contributed by atoms with Crippen molar-refractivity contribution in [1.29, 1.82) is 5.26 Å². The van der Waals surface area contributed by atoms with Crippen LogP contribution in [0, 0.1) is 11.3 Å². The van der Waals surface area contributed by atoms with Crippen LogP contribution in [-0.4, -0.2) is 31.1 Å². The third kappa shape index (κ3) is 3.94. The Kier molecular flexibility index (Phi) is 4.86. The monoisotopic (exact) mass is 284 g/mol. The van der Waals surface area contributed by atoms with Gasteiger partial charge in [0.1, 0.15) is 11.3 Å². The van der Waals surface area contributed by atoms with Crippen LogP contribution in [0.3, 0.4) is 0 Å². The van der Waals surface area contributed by atoms with E-state index in [1.165, 1.54) is 0 Å². The second kappa shape index (κ2) is 6.17. The molecule has 8 heteroatoms. The highest BCUT2D eigenvalue weighted by Gasteiger charge is 2.18. The minimum Gasteiger partial charge on any atom is -0.507 e. The average molecular weight is 284 g/mol. The first-order valence-corrected chi connectivity index (χ1v) is 6.79. The van der Waals surface area contributed by atoms with E-state index in [0.717, 1.165) is 18.2 Å². The van der Waals surface area contributed by atoms with E-state index in [2.05, 4.69) is 4.72 Å². The van der Waals surface area contributed by atoms with Crippen molar-refractivity contribution in [2.45, 2.75) is 17.7 Å². The topological polar surface area (TPSA) is 127 Å². The SMILES string of the molecule is N#CCCCNS(=O)(=O)c1ccc(O)c(C(=O)O)c1. The molecule has 0 saturated heterocycles. The van der Waals surface area contributed by atoms with Crippen molar-refractivity contribution in [1.82, 2.24) is 4.72 Å². The van der Waals surface area contributed by atoms with Gasteiger partial charge in [-0.05, 0) is 24.6 Å². The summed E-state index contributed by atoms with van der Waals surface area (Å²) in [6.07, 6.45) is 0.581. The number of hydrogen-bond donors (Lipinski definition) is 3. The highest BCUT2D eigenvalue weighted by atomic mass is 32.2. The summed E-state index contributed by atoms with van der Waals surface area (Å²) in [4.78, 5) is 10.5. The molecule has 1 aromatic carbocycles. The summed E-state index contributed by atoms with van der Waals surface area (Å²) in [7, 11) is -3.85. The molecule has 0 amide bonds. The number of aromatic hydroxyl groups is 1. The molecule has 0 bridgehead atoms. The molecule has 0 saturated carbocycles. The zero-order valence-electron chi connectivity index (χ0n) is 9.83. The van der Waals surface area contributed by atoms with Crippen LogP contribution in [0.4, 0.5) is 0 Å². The molecule has 0 radical (unpaired) electrons. The lowest BCUT2D eigenvalue weighted by atomic mass is 10.2. The Morgan fingerprint density at radius 1 is 1.42 bits per heavy atom. The Morgan fingerprint density at radius 3 is 2.68 bits per heavy atom. The summed E-state index contributed by atoms with van der Waals surface area (Å²) in [5, 5.41) is 26.4. The number of phenols is 1. The second-order valence-electron chi connectivity index (χ2n) is 3.64. The molecule has 102 valence electrons. The predicted octanol–water partition coefficient (Wildman–Crippen LogP) is 0.672. The van der Waals surface area contributed by atoms with E-state index < -0.39 is 27.3 Å². The van der Waals surface area contributed by atoms with E-state index in [-0.39, 0.29) is 17.9 Å². The Hall–Kier alpha value is -2.11. The van der Waals surface area contributed by atoms with Gasteiger partial charge < -0.3 is 10.2 Å². The van der Waals surface area contributed by atoms with Crippen LogP contribution < -0.4 is 4.72 Å². The molecule has 0 aliphatic carbocycles. The maximum Gasteiger partial charge on any atom is 0.339 e. The van der Waals surface area contributed by atoms with Crippen LogP contribution in [0.2, 0.25) is 0 Å². The summed E-state index contributed by atoms with van der Waals surface area (Å²) < 4.78 is 25.9. The fourth-order valence-electron chi connectivity index (χ4n) is 1.31. The van der Waals surface area contributed by atoms with E-state index >= 15 is 0 Å². The summed E-state index contributed by atoms with van der Waals surface area (Å²) in [6, 6.07) is 4.87. The number of benzene rings is 1. The molecule has 0 unspecified atom stereocenters. The maximum atomic E-state index is 11.8. The molecule has 0 spiro atoms. The number of carboxylic acid groups (broad SMARTS) is 1. The Morgan fingerprint density at radius 2 is 2.11 bits per heavy atom. The molecule has 7 nitrogen and oxygen atoms in total. The fraction of sp³-hybridized carbons (Fsp3) is 0.273. The van der Waals surface area contributed by atoms with Crippen LogP contribution in [0.5, 0.6) is 5.75 Å². The highest BCUT2D eigenvalue weighted by molar-refractivity contribution is 7.89. The zero-order chi connectivity index (χ0) is 14.5. The molecule has 0 fully saturated rings. The van der Waals surface area contributed by atoms with E-state index in [1.807, 2.05) is 6.07 Å². The maximum absolute atomic E-state index is 11.8. The Labute approximate surface area is 110 Å². The van der Waals surface area contributed by atoms with Crippen molar-refractivity contribution in [2.24, 2.45) is 0 Å². The van der Waals surface area contributed by atoms with Crippen molar-refractivity contribution < 1.29 is 23.4 Å². The van der Waals surface area contributed by atoms with Gasteiger partial charge in [0.05, 0.1) is 11.0 Å².